The minimum absolute atomic E-state index is 0.0148. The van der Waals surface area contributed by atoms with E-state index in [-0.39, 0.29) is 22.1 Å². The van der Waals surface area contributed by atoms with Gasteiger partial charge >= 0.3 is 12.1 Å². The molecule has 164 valence electrons. The Kier molecular flexibility index (Phi) is 6.60. The molecule has 0 heterocycles. The SMILES string of the molecule is COc1cc2c(cc1/C(=C/C=C/C(C)=C/C(=O)O)C(F)(F)F)C(C)(C)CCC2(C)C. The minimum atomic E-state index is -4.61. The predicted molar refractivity (Wildman–Crippen MR) is 113 cm³/mol. The van der Waals surface area contributed by atoms with Crippen LogP contribution in [0.15, 0.2) is 42.0 Å². The Morgan fingerprint density at radius 1 is 1.10 bits per heavy atom. The van der Waals surface area contributed by atoms with E-state index in [4.69, 9.17) is 9.84 Å². The van der Waals surface area contributed by atoms with E-state index in [2.05, 4.69) is 13.8 Å². The van der Waals surface area contributed by atoms with Crippen molar-refractivity contribution in [2.45, 2.75) is 64.5 Å². The Labute approximate surface area is 175 Å². The van der Waals surface area contributed by atoms with Crippen LogP contribution >= 0.6 is 0 Å². The number of hydrogen-bond donors (Lipinski definition) is 1. The molecule has 1 aromatic rings. The van der Waals surface area contributed by atoms with Gasteiger partial charge in [0.1, 0.15) is 5.75 Å². The summed E-state index contributed by atoms with van der Waals surface area (Å²) < 4.78 is 47.3. The smallest absolute Gasteiger partial charge is 0.417 e. The van der Waals surface area contributed by atoms with Crippen molar-refractivity contribution in [3.05, 3.63) is 58.7 Å². The van der Waals surface area contributed by atoms with Crippen molar-refractivity contribution in [2.24, 2.45) is 0 Å². The molecule has 0 aliphatic heterocycles. The van der Waals surface area contributed by atoms with Crippen LogP contribution < -0.4 is 4.74 Å². The van der Waals surface area contributed by atoms with Gasteiger partial charge in [-0.15, -0.1) is 0 Å². The van der Waals surface area contributed by atoms with Crippen LogP contribution in [0.25, 0.3) is 5.57 Å². The summed E-state index contributed by atoms with van der Waals surface area (Å²) in [6.07, 6.45) is 1.65. The summed E-state index contributed by atoms with van der Waals surface area (Å²) in [6, 6.07) is 3.35. The Morgan fingerprint density at radius 2 is 1.63 bits per heavy atom. The number of ether oxygens (including phenoxy) is 1. The zero-order chi connectivity index (χ0) is 22.9. The summed E-state index contributed by atoms with van der Waals surface area (Å²) in [4.78, 5) is 10.7. The van der Waals surface area contributed by atoms with Gasteiger partial charge in [0.25, 0.3) is 0 Å². The highest BCUT2D eigenvalue weighted by molar-refractivity contribution is 5.81. The highest BCUT2D eigenvalue weighted by atomic mass is 19.4. The number of aliphatic carboxylic acids is 1. The van der Waals surface area contributed by atoms with E-state index in [0.29, 0.717) is 5.57 Å². The molecule has 1 aliphatic carbocycles. The lowest BCUT2D eigenvalue weighted by molar-refractivity contribution is -0.131. The van der Waals surface area contributed by atoms with E-state index in [1.54, 1.807) is 12.1 Å². The molecule has 0 saturated heterocycles. The lowest BCUT2D eigenvalue weighted by atomic mass is 9.62. The van der Waals surface area contributed by atoms with Gasteiger partial charge in [-0.05, 0) is 65.5 Å². The molecule has 6 heteroatoms. The maximum atomic E-state index is 14.0. The molecule has 0 radical (unpaired) electrons. The molecule has 0 bridgehead atoms. The fourth-order valence-corrected chi connectivity index (χ4v) is 3.85. The summed E-state index contributed by atoms with van der Waals surface area (Å²) in [7, 11) is 1.37. The number of carboxylic acids is 1. The predicted octanol–water partition coefficient (Wildman–Crippen LogP) is 6.58. The second kappa shape index (κ2) is 8.32. The lowest BCUT2D eigenvalue weighted by Gasteiger charge is -2.42. The third-order valence-corrected chi connectivity index (χ3v) is 5.74. The molecule has 0 unspecified atom stereocenters. The van der Waals surface area contributed by atoms with Gasteiger partial charge in [0, 0.05) is 11.6 Å². The Bertz CT molecular complexity index is 916. The number of alkyl halides is 3. The van der Waals surface area contributed by atoms with Gasteiger partial charge in [-0.1, -0.05) is 39.8 Å². The van der Waals surface area contributed by atoms with Crippen LogP contribution in [-0.2, 0) is 15.6 Å². The third-order valence-electron chi connectivity index (χ3n) is 5.74. The van der Waals surface area contributed by atoms with E-state index in [1.807, 2.05) is 13.8 Å². The number of halogens is 3. The molecular formula is C24H29F3O3. The monoisotopic (exact) mass is 422 g/mol. The van der Waals surface area contributed by atoms with Crippen molar-refractivity contribution in [1.82, 2.24) is 0 Å². The normalized spacial score (nSPS) is 19.0. The second-order valence-corrected chi connectivity index (χ2v) is 9.03. The number of benzene rings is 1. The third kappa shape index (κ3) is 5.15. The molecule has 0 fully saturated rings. The average Bonchev–Trinajstić information content (AvgIpc) is 2.60. The quantitative estimate of drug-likeness (QED) is 0.431. The highest BCUT2D eigenvalue weighted by Crippen LogP contribution is 2.49. The largest absolute Gasteiger partial charge is 0.496 e. The number of allylic oxidation sites excluding steroid dienone is 5. The zero-order valence-electron chi connectivity index (χ0n) is 18.3. The number of rotatable bonds is 5. The summed E-state index contributed by atoms with van der Waals surface area (Å²) in [5, 5.41) is 8.75. The van der Waals surface area contributed by atoms with Gasteiger partial charge in [0.05, 0.1) is 12.7 Å². The number of carboxylic acid groups (broad SMARTS) is 1. The van der Waals surface area contributed by atoms with Gasteiger partial charge in [-0.3, -0.25) is 0 Å². The first-order chi connectivity index (χ1) is 13.7. The number of methoxy groups -OCH3 is 1. The van der Waals surface area contributed by atoms with Crippen LogP contribution in [0.3, 0.4) is 0 Å². The van der Waals surface area contributed by atoms with Crippen LogP contribution in [0.4, 0.5) is 13.2 Å². The lowest BCUT2D eigenvalue weighted by Crippen LogP contribution is -2.34. The first-order valence-electron chi connectivity index (χ1n) is 9.79. The molecule has 1 aliphatic rings. The van der Waals surface area contributed by atoms with E-state index >= 15 is 0 Å². The molecule has 1 aromatic carbocycles. The van der Waals surface area contributed by atoms with Crippen LogP contribution in [-0.4, -0.2) is 24.4 Å². The average molecular weight is 422 g/mol. The van der Waals surface area contributed by atoms with Crippen molar-refractivity contribution in [1.29, 1.82) is 0 Å². The molecule has 2 rings (SSSR count). The first kappa shape index (κ1) is 23.8. The van der Waals surface area contributed by atoms with Crippen LogP contribution in [0.2, 0.25) is 0 Å². The van der Waals surface area contributed by atoms with Crippen molar-refractivity contribution in [2.75, 3.05) is 7.11 Å². The van der Waals surface area contributed by atoms with E-state index < -0.39 is 17.7 Å². The van der Waals surface area contributed by atoms with E-state index in [1.165, 1.54) is 26.2 Å². The van der Waals surface area contributed by atoms with Crippen LogP contribution in [0.1, 0.15) is 64.2 Å². The Hall–Kier alpha value is -2.50. The van der Waals surface area contributed by atoms with Crippen molar-refractivity contribution < 1.29 is 27.8 Å². The number of carbonyl (C=O) groups is 1. The summed E-state index contributed by atoms with van der Waals surface area (Å²) in [6.45, 7) is 9.81. The van der Waals surface area contributed by atoms with Crippen molar-refractivity contribution in [3.8, 4) is 5.75 Å². The molecule has 0 aromatic heterocycles. The number of fused-ring (bicyclic) bond motifs is 1. The maximum Gasteiger partial charge on any atom is 0.417 e. The van der Waals surface area contributed by atoms with Crippen LogP contribution in [0, 0.1) is 0 Å². The summed E-state index contributed by atoms with van der Waals surface area (Å²) >= 11 is 0. The minimum Gasteiger partial charge on any atom is -0.496 e. The van der Waals surface area contributed by atoms with Gasteiger partial charge < -0.3 is 9.84 Å². The van der Waals surface area contributed by atoms with Gasteiger partial charge in [0.15, 0.2) is 0 Å². The van der Waals surface area contributed by atoms with Crippen LogP contribution in [0.5, 0.6) is 5.75 Å². The molecule has 3 nitrogen and oxygen atoms in total. The summed E-state index contributed by atoms with van der Waals surface area (Å²) in [5.74, 6) is -0.979. The van der Waals surface area contributed by atoms with E-state index in [9.17, 15) is 18.0 Å². The van der Waals surface area contributed by atoms with Gasteiger partial charge in [-0.25, -0.2) is 4.79 Å². The summed E-state index contributed by atoms with van der Waals surface area (Å²) in [5.41, 5.74) is 0.990. The topological polar surface area (TPSA) is 46.5 Å². The maximum absolute atomic E-state index is 14.0. The molecule has 30 heavy (non-hydrogen) atoms. The molecular weight excluding hydrogens is 393 g/mol. The molecule has 0 amide bonds. The fourth-order valence-electron chi connectivity index (χ4n) is 3.85. The van der Waals surface area contributed by atoms with Crippen molar-refractivity contribution >= 4 is 11.5 Å². The Balaban J connectivity index is 2.69. The molecule has 0 atom stereocenters. The van der Waals surface area contributed by atoms with E-state index in [0.717, 1.165) is 36.1 Å². The molecule has 0 saturated carbocycles. The zero-order valence-corrected chi connectivity index (χ0v) is 18.3. The fraction of sp³-hybridized carbons (Fsp3) is 0.458. The molecule has 0 spiro atoms. The standard InChI is InChI=1S/C24H29F3O3/c1-15(12-21(28)29)8-7-9-17(24(25,26)27)16-13-18-19(14-20(16)30-6)23(4,5)11-10-22(18,2)3/h7-9,12-14H,10-11H2,1-6H3,(H,28,29)/b8-7+,15-12+,17-9-. The number of hydrogen-bond acceptors (Lipinski definition) is 2. The highest BCUT2D eigenvalue weighted by Gasteiger charge is 2.41. The second-order valence-electron chi connectivity index (χ2n) is 9.03. The van der Waals surface area contributed by atoms with Crippen molar-refractivity contribution in [3.63, 3.8) is 0 Å². The Morgan fingerprint density at radius 3 is 2.10 bits per heavy atom. The molecule has 1 N–H and O–H groups in total. The first-order valence-corrected chi connectivity index (χ1v) is 9.79. The van der Waals surface area contributed by atoms with Gasteiger partial charge in [-0.2, -0.15) is 13.2 Å². The van der Waals surface area contributed by atoms with Gasteiger partial charge in [0.2, 0.25) is 0 Å².